The van der Waals surface area contributed by atoms with Crippen LogP contribution in [0.4, 0.5) is 9.93 Å². The van der Waals surface area contributed by atoms with Crippen LogP contribution in [0, 0.1) is 0 Å². The van der Waals surface area contributed by atoms with E-state index in [-0.39, 0.29) is 18.7 Å². The van der Waals surface area contributed by atoms with E-state index < -0.39 is 6.23 Å². The average Bonchev–Trinajstić information content (AvgIpc) is 2.94. The highest BCUT2D eigenvalue weighted by Crippen LogP contribution is 2.32. The van der Waals surface area contributed by atoms with Gasteiger partial charge in [-0.25, -0.2) is 9.69 Å². The summed E-state index contributed by atoms with van der Waals surface area (Å²) in [4.78, 5) is 15.2. The summed E-state index contributed by atoms with van der Waals surface area (Å²) in [7, 11) is 1.55. The number of ether oxygens (including phenoxy) is 1. The van der Waals surface area contributed by atoms with Crippen molar-refractivity contribution in [3.8, 4) is 0 Å². The fourth-order valence-electron chi connectivity index (χ4n) is 2.02. The molecule has 2 rings (SSSR count). The van der Waals surface area contributed by atoms with Crippen LogP contribution >= 0.6 is 23.1 Å². The van der Waals surface area contributed by atoms with Crippen LogP contribution in [0.25, 0.3) is 0 Å². The molecule has 106 valence electrons. The molecule has 0 aliphatic carbocycles. The maximum Gasteiger partial charge on any atom is 0.329 e. The third kappa shape index (κ3) is 2.55. The summed E-state index contributed by atoms with van der Waals surface area (Å²) < 4.78 is 5.83. The number of urea groups is 1. The van der Waals surface area contributed by atoms with Gasteiger partial charge < -0.3 is 14.7 Å². The predicted molar refractivity (Wildman–Crippen MR) is 73.6 cm³/mol. The Morgan fingerprint density at radius 1 is 1.53 bits per heavy atom. The Morgan fingerprint density at radius 3 is 2.79 bits per heavy atom. The van der Waals surface area contributed by atoms with Gasteiger partial charge in [0.15, 0.2) is 10.6 Å². The normalized spacial score (nSPS) is 23.5. The molecule has 1 aliphatic heterocycles. The van der Waals surface area contributed by atoms with Crippen molar-refractivity contribution in [3.05, 3.63) is 0 Å². The number of nitrogens with zero attached hydrogens (tertiary/aromatic N) is 4. The zero-order chi connectivity index (χ0) is 14.0. The largest absolute Gasteiger partial charge is 0.382 e. The minimum Gasteiger partial charge on any atom is -0.382 e. The van der Waals surface area contributed by atoms with Crippen LogP contribution in [0.5, 0.6) is 0 Å². The van der Waals surface area contributed by atoms with Gasteiger partial charge in [-0.3, -0.25) is 0 Å². The van der Waals surface area contributed by atoms with E-state index in [4.69, 9.17) is 4.74 Å². The number of amides is 2. The molecular weight excluding hydrogens is 288 g/mol. The minimum absolute atomic E-state index is 0.263. The zero-order valence-corrected chi connectivity index (χ0v) is 12.6. The monoisotopic (exact) mass is 304 g/mol. The molecule has 1 aliphatic rings. The molecule has 0 spiro atoms. The van der Waals surface area contributed by atoms with Gasteiger partial charge >= 0.3 is 6.03 Å². The van der Waals surface area contributed by atoms with Crippen molar-refractivity contribution in [1.82, 2.24) is 15.1 Å². The van der Waals surface area contributed by atoms with Gasteiger partial charge in [-0.15, -0.1) is 10.2 Å². The van der Waals surface area contributed by atoms with E-state index in [9.17, 15) is 9.90 Å². The molecule has 1 aromatic heterocycles. The van der Waals surface area contributed by atoms with Crippen molar-refractivity contribution in [2.75, 3.05) is 31.4 Å². The maximum absolute atomic E-state index is 12.3. The second-order valence-corrected chi connectivity index (χ2v) is 5.94. The van der Waals surface area contributed by atoms with Crippen molar-refractivity contribution in [2.24, 2.45) is 0 Å². The molecule has 19 heavy (non-hydrogen) atoms. The third-order valence-corrected chi connectivity index (χ3v) is 4.81. The number of aliphatic hydroxyl groups excluding tert-OH is 1. The van der Waals surface area contributed by atoms with E-state index in [1.54, 1.807) is 12.0 Å². The average molecular weight is 304 g/mol. The van der Waals surface area contributed by atoms with E-state index in [0.717, 1.165) is 4.34 Å². The minimum atomic E-state index is -0.963. The number of hydrogen-bond donors (Lipinski definition) is 1. The van der Waals surface area contributed by atoms with E-state index >= 15 is 0 Å². The molecule has 9 heteroatoms. The Morgan fingerprint density at radius 2 is 2.26 bits per heavy atom. The van der Waals surface area contributed by atoms with Crippen LogP contribution in [0.1, 0.15) is 6.92 Å². The quantitative estimate of drug-likeness (QED) is 0.642. The topological polar surface area (TPSA) is 78.8 Å². The predicted octanol–water partition coefficient (Wildman–Crippen LogP) is 0.855. The number of hydrogen-bond acceptors (Lipinski definition) is 7. The second-order valence-electron chi connectivity index (χ2n) is 3.93. The van der Waals surface area contributed by atoms with Gasteiger partial charge in [0.05, 0.1) is 6.61 Å². The Labute approximate surface area is 119 Å². The Kier molecular flexibility index (Phi) is 4.61. The third-order valence-electron chi connectivity index (χ3n) is 2.92. The summed E-state index contributed by atoms with van der Waals surface area (Å²) in [6.45, 7) is 2.66. The molecule has 1 N–H and O–H groups in total. The molecule has 0 radical (unpaired) electrons. The van der Waals surface area contributed by atoms with E-state index in [2.05, 4.69) is 10.2 Å². The van der Waals surface area contributed by atoms with Crippen molar-refractivity contribution in [3.63, 3.8) is 0 Å². The highest BCUT2D eigenvalue weighted by atomic mass is 32.2. The SMILES string of the molecule is CCN1C(=O)N(c2nnc(SC)s2)C(O)C1COC. The first-order chi connectivity index (χ1) is 9.13. The maximum atomic E-state index is 12.3. The molecule has 0 aromatic carbocycles. The number of likely N-dealkylation sites (N-methyl/N-ethyl adjacent to an activating group) is 1. The molecule has 0 bridgehead atoms. The van der Waals surface area contributed by atoms with Crippen LogP contribution < -0.4 is 4.90 Å². The Balaban J connectivity index is 2.27. The lowest BCUT2D eigenvalue weighted by atomic mass is 10.2. The van der Waals surface area contributed by atoms with E-state index in [1.165, 1.54) is 28.0 Å². The number of carbonyl (C=O) groups excluding carboxylic acids is 1. The highest BCUT2D eigenvalue weighted by Gasteiger charge is 2.46. The highest BCUT2D eigenvalue weighted by molar-refractivity contribution is 8.00. The smallest absolute Gasteiger partial charge is 0.329 e. The summed E-state index contributed by atoms with van der Waals surface area (Å²) in [5.74, 6) is 0. The molecule has 2 heterocycles. The molecular formula is C10H16N4O3S2. The molecule has 1 fully saturated rings. The van der Waals surface area contributed by atoms with Crippen LogP contribution in [0.15, 0.2) is 4.34 Å². The molecule has 1 saturated heterocycles. The van der Waals surface area contributed by atoms with E-state index in [1.807, 2.05) is 13.2 Å². The molecule has 7 nitrogen and oxygen atoms in total. The number of carbonyl (C=O) groups is 1. The van der Waals surface area contributed by atoms with Crippen LogP contribution in [0.3, 0.4) is 0 Å². The number of aromatic nitrogens is 2. The first-order valence-electron chi connectivity index (χ1n) is 5.78. The fourth-order valence-corrected chi connectivity index (χ4v) is 3.30. The van der Waals surface area contributed by atoms with Crippen molar-refractivity contribution >= 4 is 34.3 Å². The van der Waals surface area contributed by atoms with Gasteiger partial charge in [0.25, 0.3) is 0 Å². The molecule has 2 amide bonds. The van der Waals surface area contributed by atoms with E-state index in [0.29, 0.717) is 11.7 Å². The lowest BCUT2D eigenvalue weighted by molar-refractivity contribution is 0.0570. The first kappa shape index (κ1) is 14.5. The van der Waals surface area contributed by atoms with Gasteiger partial charge in [0.1, 0.15) is 6.04 Å². The molecule has 2 unspecified atom stereocenters. The zero-order valence-electron chi connectivity index (χ0n) is 10.9. The van der Waals surface area contributed by atoms with Crippen molar-refractivity contribution in [1.29, 1.82) is 0 Å². The van der Waals surface area contributed by atoms with Gasteiger partial charge in [-0.05, 0) is 13.2 Å². The summed E-state index contributed by atoms with van der Waals surface area (Å²) >= 11 is 2.74. The number of rotatable bonds is 5. The number of thioether (sulfide) groups is 1. The standard InChI is InChI=1S/C10H16N4O3S2/c1-4-13-6(5-17-2)7(15)14(10(13)16)8-11-12-9(18-3)19-8/h6-7,15H,4-5H2,1-3H3. The van der Waals surface area contributed by atoms with Gasteiger partial charge in [0.2, 0.25) is 5.13 Å². The Hall–Kier alpha value is -0.900. The number of methoxy groups -OCH3 is 1. The van der Waals surface area contributed by atoms with Gasteiger partial charge in [-0.1, -0.05) is 23.1 Å². The molecule has 2 atom stereocenters. The molecule has 0 saturated carbocycles. The van der Waals surface area contributed by atoms with Crippen molar-refractivity contribution < 1.29 is 14.6 Å². The lowest BCUT2D eigenvalue weighted by Gasteiger charge is -2.21. The van der Waals surface area contributed by atoms with Crippen LogP contribution in [-0.2, 0) is 4.74 Å². The van der Waals surface area contributed by atoms with Crippen molar-refractivity contribution in [2.45, 2.75) is 23.5 Å². The van der Waals surface area contributed by atoms with Gasteiger partial charge in [0, 0.05) is 13.7 Å². The summed E-state index contributed by atoms with van der Waals surface area (Å²) in [5.41, 5.74) is 0. The van der Waals surface area contributed by atoms with Gasteiger partial charge in [-0.2, -0.15) is 0 Å². The molecule has 1 aromatic rings. The summed E-state index contributed by atoms with van der Waals surface area (Å²) in [6, 6.07) is -0.648. The lowest BCUT2D eigenvalue weighted by Crippen LogP contribution is -2.40. The fraction of sp³-hybridized carbons (Fsp3) is 0.700. The first-order valence-corrected chi connectivity index (χ1v) is 7.82. The summed E-state index contributed by atoms with van der Waals surface area (Å²) in [5, 5.41) is 18.6. The number of aliphatic hydroxyl groups is 1. The summed E-state index contributed by atoms with van der Waals surface area (Å²) in [6.07, 6.45) is 0.925. The van der Waals surface area contributed by atoms with Crippen LogP contribution in [-0.4, -0.2) is 65.0 Å². The number of anilines is 1. The van der Waals surface area contributed by atoms with Crippen LogP contribution in [0.2, 0.25) is 0 Å². The second kappa shape index (κ2) is 6.04. The Bertz CT molecular complexity index is 456.